The smallest absolute Gasteiger partial charge is 0.319 e. The van der Waals surface area contributed by atoms with Crippen molar-refractivity contribution in [3.05, 3.63) is 41.0 Å². The monoisotopic (exact) mass is 335 g/mol. The summed E-state index contributed by atoms with van der Waals surface area (Å²) < 4.78 is 10.7. The van der Waals surface area contributed by atoms with Crippen molar-refractivity contribution < 1.29 is 14.3 Å². The summed E-state index contributed by atoms with van der Waals surface area (Å²) in [4.78, 5) is 20.4. The number of anilines is 1. The van der Waals surface area contributed by atoms with E-state index in [1.165, 1.54) is 6.20 Å². The Kier molecular flexibility index (Phi) is 6.17. The predicted molar refractivity (Wildman–Crippen MR) is 88.2 cm³/mol. The number of rotatable bonds is 7. The number of aromatic nitrogens is 2. The first kappa shape index (κ1) is 17.0. The maximum Gasteiger partial charge on any atom is 0.319 e. The van der Waals surface area contributed by atoms with Crippen molar-refractivity contribution >= 4 is 23.2 Å². The zero-order valence-electron chi connectivity index (χ0n) is 13.0. The molecule has 1 N–H and O–H groups in total. The molecule has 0 bridgehead atoms. The number of benzene rings is 1. The molecule has 2 rings (SSSR count). The summed E-state index contributed by atoms with van der Waals surface area (Å²) in [5.41, 5.74) is 1.14. The number of nitrogens with zero attached hydrogens (tertiary/aromatic N) is 2. The second kappa shape index (κ2) is 8.33. The van der Waals surface area contributed by atoms with Crippen LogP contribution >= 0.6 is 11.6 Å². The molecule has 0 atom stereocenters. The molecule has 0 aliphatic heterocycles. The quantitative estimate of drug-likeness (QED) is 0.841. The Bertz CT molecular complexity index is 679. The van der Waals surface area contributed by atoms with E-state index in [1.54, 1.807) is 12.1 Å². The average molecular weight is 336 g/mol. The molecule has 6 nitrogen and oxygen atoms in total. The number of nitrogens with one attached hydrogen (secondary N) is 1. The highest BCUT2D eigenvalue weighted by atomic mass is 35.5. The number of ether oxygens (including phenoxy) is 2. The lowest BCUT2D eigenvalue weighted by atomic mass is 10.1. The maximum absolute atomic E-state index is 12.2. The maximum atomic E-state index is 12.2. The van der Waals surface area contributed by atoms with E-state index < -0.39 is 0 Å². The summed E-state index contributed by atoms with van der Waals surface area (Å²) in [6.07, 6.45) is 1.62. The molecule has 7 heteroatoms. The van der Waals surface area contributed by atoms with Crippen LogP contribution in [-0.2, 0) is 11.2 Å². The van der Waals surface area contributed by atoms with Gasteiger partial charge in [-0.15, -0.1) is 0 Å². The van der Waals surface area contributed by atoms with Gasteiger partial charge in [0.15, 0.2) is 0 Å². The largest absolute Gasteiger partial charge is 0.476 e. The molecule has 122 valence electrons. The standard InChI is InChI=1S/C16H18ClN3O3/c1-3-22-15-13(10-18-16(20-15)23-4-2)19-14(21)9-11-7-5-6-8-12(11)17/h5-8,10H,3-4,9H2,1-2H3,(H,19,21). The highest BCUT2D eigenvalue weighted by Crippen LogP contribution is 2.24. The second-order valence-corrected chi connectivity index (χ2v) is 4.96. The number of carbonyl (C=O) groups is 1. The Morgan fingerprint density at radius 1 is 1.22 bits per heavy atom. The number of halogens is 1. The zero-order chi connectivity index (χ0) is 16.7. The summed E-state index contributed by atoms with van der Waals surface area (Å²) in [6, 6.07) is 7.41. The van der Waals surface area contributed by atoms with Gasteiger partial charge in [0.25, 0.3) is 0 Å². The molecule has 1 heterocycles. The van der Waals surface area contributed by atoms with Crippen molar-refractivity contribution in [1.29, 1.82) is 0 Å². The van der Waals surface area contributed by atoms with E-state index in [2.05, 4.69) is 15.3 Å². The van der Waals surface area contributed by atoms with Gasteiger partial charge in [-0.05, 0) is 25.5 Å². The van der Waals surface area contributed by atoms with Crippen molar-refractivity contribution in [2.75, 3.05) is 18.5 Å². The topological polar surface area (TPSA) is 73.3 Å². The van der Waals surface area contributed by atoms with Crippen LogP contribution in [0.25, 0.3) is 0 Å². The minimum absolute atomic E-state index is 0.151. The lowest BCUT2D eigenvalue weighted by molar-refractivity contribution is -0.115. The van der Waals surface area contributed by atoms with Crippen molar-refractivity contribution in [2.24, 2.45) is 0 Å². The summed E-state index contributed by atoms with van der Waals surface area (Å²) in [7, 11) is 0. The van der Waals surface area contributed by atoms with E-state index >= 15 is 0 Å². The van der Waals surface area contributed by atoms with Crippen LogP contribution in [0.5, 0.6) is 11.9 Å². The fraction of sp³-hybridized carbons (Fsp3) is 0.312. The van der Waals surface area contributed by atoms with Crippen molar-refractivity contribution in [3.8, 4) is 11.9 Å². The van der Waals surface area contributed by atoms with E-state index in [4.69, 9.17) is 21.1 Å². The third-order valence-electron chi connectivity index (χ3n) is 2.87. The summed E-state index contributed by atoms with van der Waals surface area (Å²) >= 11 is 6.06. The molecule has 1 aromatic carbocycles. The zero-order valence-corrected chi connectivity index (χ0v) is 13.8. The number of amides is 1. The first-order valence-electron chi connectivity index (χ1n) is 7.30. The molecule has 0 aliphatic rings. The van der Waals surface area contributed by atoms with E-state index in [0.717, 1.165) is 5.56 Å². The first-order valence-corrected chi connectivity index (χ1v) is 7.67. The average Bonchev–Trinajstić information content (AvgIpc) is 2.53. The van der Waals surface area contributed by atoms with Crippen LogP contribution in [0.4, 0.5) is 5.69 Å². The van der Waals surface area contributed by atoms with Crippen molar-refractivity contribution in [3.63, 3.8) is 0 Å². The fourth-order valence-electron chi connectivity index (χ4n) is 1.89. The molecule has 0 saturated carbocycles. The van der Waals surface area contributed by atoms with E-state index in [1.807, 2.05) is 26.0 Å². The van der Waals surface area contributed by atoms with Crippen LogP contribution in [0.3, 0.4) is 0 Å². The van der Waals surface area contributed by atoms with Gasteiger partial charge in [-0.2, -0.15) is 4.98 Å². The number of hydrogen-bond donors (Lipinski definition) is 1. The Labute approximate surface area is 139 Å². The minimum Gasteiger partial charge on any atom is -0.476 e. The van der Waals surface area contributed by atoms with Gasteiger partial charge in [0, 0.05) is 5.02 Å². The third kappa shape index (κ3) is 4.82. The van der Waals surface area contributed by atoms with Crippen LogP contribution in [0, 0.1) is 0 Å². The van der Waals surface area contributed by atoms with Crippen LogP contribution in [0.15, 0.2) is 30.5 Å². The predicted octanol–water partition coefficient (Wildman–Crippen LogP) is 3.11. The molecule has 0 aliphatic carbocycles. The molecule has 0 spiro atoms. The molecule has 1 amide bonds. The second-order valence-electron chi connectivity index (χ2n) is 4.55. The number of carbonyl (C=O) groups excluding carboxylic acids is 1. The van der Waals surface area contributed by atoms with Gasteiger partial charge in [0.05, 0.1) is 25.8 Å². The molecule has 2 aromatic rings. The molecule has 23 heavy (non-hydrogen) atoms. The van der Waals surface area contributed by atoms with E-state index in [9.17, 15) is 4.79 Å². The van der Waals surface area contributed by atoms with Gasteiger partial charge in [0.1, 0.15) is 5.69 Å². The summed E-state index contributed by atoms with van der Waals surface area (Å²) in [5.74, 6) is 0.0465. The fourth-order valence-corrected chi connectivity index (χ4v) is 2.09. The lowest BCUT2D eigenvalue weighted by Gasteiger charge is -2.11. The van der Waals surface area contributed by atoms with Crippen molar-refractivity contribution in [2.45, 2.75) is 20.3 Å². The van der Waals surface area contributed by atoms with Gasteiger partial charge in [-0.25, -0.2) is 4.98 Å². The Morgan fingerprint density at radius 2 is 1.96 bits per heavy atom. The normalized spacial score (nSPS) is 10.2. The molecule has 0 fully saturated rings. The SMILES string of the molecule is CCOc1ncc(NC(=O)Cc2ccccc2Cl)c(OCC)n1. The third-order valence-corrected chi connectivity index (χ3v) is 3.24. The van der Waals surface area contributed by atoms with Gasteiger partial charge in [0.2, 0.25) is 11.8 Å². The molecule has 0 radical (unpaired) electrons. The van der Waals surface area contributed by atoms with Gasteiger partial charge >= 0.3 is 6.01 Å². The van der Waals surface area contributed by atoms with Crippen LogP contribution in [0.1, 0.15) is 19.4 Å². The Balaban J connectivity index is 2.12. The molecule has 0 saturated heterocycles. The highest BCUT2D eigenvalue weighted by Gasteiger charge is 2.13. The molecule has 0 unspecified atom stereocenters. The van der Waals surface area contributed by atoms with Crippen LogP contribution < -0.4 is 14.8 Å². The van der Waals surface area contributed by atoms with Crippen LogP contribution in [0.2, 0.25) is 5.02 Å². The van der Waals surface area contributed by atoms with Crippen molar-refractivity contribution in [1.82, 2.24) is 9.97 Å². The van der Waals surface area contributed by atoms with Crippen LogP contribution in [-0.4, -0.2) is 29.1 Å². The highest BCUT2D eigenvalue weighted by molar-refractivity contribution is 6.31. The van der Waals surface area contributed by atoms with Gasteiger partial charge in [-0.3, -0.25) is 4.79 Å². The summed E-state index contributed by atoms with van der Waals surface area (Å²) in [5, 5.41) is 3.29. The van der Waals surface area contributed by atoms with E-state index in [-0.39, 0.29) is 24.2 Å². The van der Waals surface area contributed by atoms with E-state index in [0.29, 0.717) is 23.9 Å². The van der Waals surface area contributed by atoms with Gasteiger partial charge < -0.3 is 14.8 Å². The minimum atomic E-state index is -0.230. The number of hydrogen-bond acceptors (Lipinski definition) is 5. The Morgan fingerprint density at radius 3 is 2.65 bits per heavy atom. The molecular weight excluding hydrogens is 318 g/mol. The lowest BCUT2D eigenvalue weighted by Crippen LogP contribution is -2.16. The Hall–Kier alpha value is -2.34. The molecular formula is C16H18ClN3O3. The summed E-state index contributed by atoms with van der Waals surface area (Å²) in [6.45, 7) is 4.53. The van der Waals surface area contributed by atoms with Gasteiger partial charge in [-0.1, -0.05) is 29.8 Å². The molecule has 1 aromatic heterocycles. The first-order chi connectivity index (χ1) is 11.1.